The molecule has 2 rings (SSSR count). The molecule has 1 amide bonds. The van der Waals surface area contributed by atoms with Gasteiger partial charge in [-0.05, 0) is 36.5 Å². The highest BCUT2D eigenvalue weighted by atomic mass is 35.5. The van der Waals surface area contributed by atoms with Crippen molar-refractivity contribution in [3.05, 3.63) is 28.8 Å². The van der Waals surface area contributed by atoms with Crippen LogP contribution in [0.5, 0.6) is 0 Å². The monoisotopic (exact) mass is 302 g/mol. The second kappa shape index (κ2) is 5.11. The molecule has 3 N–H and O–H groups in total. The third-order valence-corrected chi connectivity index (χ3v) is 4.69. The Kier molecular flexibility index (Phi) is 3.85. The second-order valence-corrected chi connectivity index (χ2v) is 6.81. The van der Waals surface area contributed by atoms with Crippen LogP contribution < -0.4 is 10.5 Å². The number of rotatable bonds is 4. The lowest BCUT2D eigenvalue weighted by atomic mass is 10.2. The van der Waals surface area contributed by atoms with Crippen LogP contribution >= 0.6 is 11.6 Å². The minimum atomic E-state index is -3.93. The Morgan fingerprint density at radius 3 is 2.68 bits per heavy atom. The van der Waals surface area contributed by atoms with Gasteiger partial charge in [-0.2, -0.15) is 0 Å². The number of benzene rings is 1. The highest BCUT2D eigenvalue weighted by Crippen LogP contribution is 2.36. The molecule has 0 spiro atoms. The van der Waals surface area contributed by atoms with Gasteiger partial charge in [0, 0.05) is 12.1 Å². The summed E-state index contributed by atoms with van der Waals surface area (Å²) in [6.45, 7) is 2.73. The predicted octanol–water partition coefficient (Wildman–Crippen LogP) is 1.37. The van der Waals surface area contributed by atoms with Gasteiger partial charge in [-0.3, -0.25) is 4.79 Å². The summed E-state index contributed by atoms with van der Waals surface area (Å²) in [5, 5.41) is 7.81. The summed E-state index contributed by atoms with van der Waals surface area (Å²) in [4.78, 5) is 11.6. The summed E-state index contributed by atoms with van der Waals surface area (Å²) < 4.78 is 22.6. The van der Waals surface area contributed by atoms with Crippen molar-refractivity contribution in [2.24, 2.45) is 17.0 Å². The summed E-state index contributed by atoms with van der Waals surface area (Å²) in [6.07, 6.45) is 1.11. The third-order valence-electron chi connectivity index (χ3n) is 3.30. The van der Waals surface area contributed by atoms with Crippen LogP contribution in [0.4, 0.5) is 0 Å². The summed E-state index contributed by atoms with van der Waals surface area (Å²) >= 11 is 5.75. The van der Waals surface area contributed by atoms with Crippen LogP contribution in [0.3, 0.4) is 0 Å². The molecule has 0 bridgehead atoms. The fourth-order valence-corrected chi connectivity index (χ4v) is 2.94. The van der Waals surface area contributed by atoms with E-state index < -0.39 is 10.0 Å². The largest absolute Gasteiger partial charge is 0.352 e. The van der Waals surface area contributed by atoms with E-state index in [1.54, 1.807) is 0 Å². The van der Waals surface area contributed by atoms with Gasteiger partial charge < -0.3 is 5.32 Å². The number of halogens is 1. The molecule has 1 saturated carbocycles. The minimum absolute atomic E-state index is 0.00913. The van der Waals surface area contributed by atoms with Gasteiger partial charge in [-0.15, -0.1) is 0 Å². The van der Waals surface area contributed by atoms with Crippen molar-refractivity contribution in [1.29, 1.82) is 0 Å². The third kappa shape index (κ3) is 3.46. The lowest BCUT2D eigenvalue weighted by Crippen LogP contribution is -2.26. The molecular formula is C12H15ClN2O3S. The lowest BCUT2D eigenvalue weighted by molar-refractivity contribution is 0.0951. The average Bonchev–Trinajstić information content (AvgIpc) is 3.01. The Hall–Kier alpha value is -1.11. The molecule has 2 atom stereocenters. The first-order chi connectivity index (χ1) is 8.79. The smallest absolute Gasteiger partial charge is 0.251 e. The molecule has 104 valence electrons. The maximum atomic E-state index is 11.9. The second-order valence-electron chi connectivity index (χ2n) is 4.87. The van der Waals surface area contributed by atoms with Crippen molar-refractivity contribution in [3.63, 3.8) is 0 Å². The molecule has 1 aliphatic rings. The van der Waals surface area contributed by atoms with Gasteiger partial charge in [0.1, 0.15) is 4.90 Å². The number of hydrogen-bond acceptors (Lipinski definition) is 3. The van der Waals surface area contributed by atoms with Gasteiger partial charge in [0.05, 0.1) is 5.02 Å². The first kappa shape index (κ1) is 14.3. The summed E-state index contributed by atoms with van der Waals surface area (Å²) in [5.74, 6) is 0.847. The van der Waals surface area contributed by atoms with Crippen LogP contribution in [-0.2, 0) is 10.0 Å². The van der Waals surface area contributed by atoms with Crippen molar-refractivity contribution < 1.29 is 13.2 Å². The van der Waals surface area contributed by atoms with Crippen molar-refractivity contribution in [3.8, 4) is 0 Å². The van der Waals surface area contributed by atoms with Gasteiger partial charge in [0.25, 0.3) is 5.91 Å². The van der Waals surface area contributed by atoms with Crippen LogP contribution in [0.2, 0.25) is 5.02 Å². The van der Waals surface area contributed by atoms with Crippen LogP contribution in [-0.4, -0.2) is 20.9 Å². The molecule has 0 saturated heterocycles. The molecule has 1 aliphatic carbocycles. The number of hydrogen-bond donors (Lipinski definition) is 2. The van der Waals surface area contributed by atoms with E-state index in [1.165, 1.54) is 18.2 Å². The van der Waals surface area contributed by atoms with Gasteiger partial charge in [0.2, 0.25) is 10.0 Å². The number of sulfonamides is 1. The molecule has 1 aromatic carbocycles. The highest BCUT2D eigenvalue weighted by Gasteiger charge is 2.32. The first-order valence-electron chi connectivity index (χ1n) is 5.89. The van der Waals surface area contributed by atoms with Gasteiger partial charge in [-0.1, -0.05) is 18.5 Å². The van der Waals surface area contributed by atoms with Crippen molar-refractivity contribution in [2.75, 3.05) is 6.54 Å². The lowest BCUT2D eigenvalue weighted by Gasteiger charge is -2.07. The zero-order valence-electron chi connectivity index (χ0n) is 10.4. The molecule has 19 heavy (non-hydrogen) atoms. The molecule has 5 nitrogen and oxygen atoms in total. The number of nitrogens with one attached hydrogen (secondary N) is 1. The summed E-state index contributed by atoms with van der Waals surface area (Å²) in [7, 11) is -3.93. The fourth-order valence-electron chi connectivity index (χ4n) is 1.87. The van der Waals surface area contributed by atoms with Crippen molar-refractivity contribution in [1.82, 2.24) is 5.32 Å². The topological polar surface area (TPSA) is 89.3 Å². The summed E-state index contributed by atoms with van der Waals surface area (Å²) in [5.41, 5.74) is 0.238. The zero-order valence-corrected chi connectivity index (χ0v) is 12.0. The van der Waals surface area contributed by atoms with Crippen LogP contribution in [0, 0.1) is 11.8 Å². The molecule has 0 unspecified atom stereocenters. The number of carbonyl (C=O) groups is 1. The number of nitrogens with two attached hydrogens (primary N) is 1. The Balaban J connectivity index is 2.14. The van der Waals surface area contributed by atoms with Crippen molar-refractivity contribution in [2.45, 2.75) is 18.2 Å². The Bertz CT molecular complexity index is 615. The molecule has 0 aromatic heterocycles. The van der Waals surface area contributed by atoms with E-state index in [-0.39, 0.29) is 21.4 Å². The normalized spacial score (nSPS) is 22.1. The molecule has 1 aromatic rings. The number of primary sulfonamides is 1. The Morgan fingerprint density at radius 1 is 1.53 bits per heavy atom. The van der Waals surface area contributed by atoms with Crippen LogP contribution in [0.25, 0.3) is 0 Å². The van der Waals surface area contributed by atoms with E-state index in [2.05, 4.69) is 12.2 Å². The zero-order chi connectivity index (χ0) is 14.2. The molecule has 7 heteroatoms. The van der Waals surface area contributed by atoms with Gasteiger partial charge in [-0.25, -0.2) is 13.6 Å². The molecule has 1 fully saturated rings. The molecule has 0 radical (unpaired) electrons. The Labute approximate surface area is 117 Å². The van der Waals surface area contributed by atoms with E-state index in [9.17, 15) is 13.2 Å². The quantitative estimate of drug-likeness (QED) is 0.880. The number of carbonyl (C=O) groups excluding carboxylic acids is 1. The SMILES string of the molecule is C[C@H]1C[C@@H]1CNC(=O)c1ccc(Cl)c(S(N)(=O)=O)c1. The maximum absolute atomic E-state index is 11.9. The maximum Gasteiger partial charge on any atom is 0.251 e. The van der Waals surface area contributed by atoms with E-state index in [0.717, 1.165) is 6.42 Å². The van der Waals surface area contributed by atoms with E-state index in [1.807, 2.05) is 0 Å². The average molecular weight is 303 g/mol. The Morgan fingerprint density at radius 2 is 2.16 bits per heavy atom. The fraction of sp³-hybridized carbons (Fsp3) is 0.417. The highest BCUT2D eigenvalue weighted by molar-refractivity contribution is 7.89. The molecule has 0 heterocycles. The standard InChI is InChI=1S/C12H15ClN2O3S/c1-7-4-9(7)6-15-12(16)8-2-3-10(13)11(5-8)19(14,17)18/h2-3,5,7,9H,4,6H2,1H3,(H,15,16)(H2,14,17,18)/t7-,9+/m0/s1. The van der Waals surface area contributed by atoms with Gasteiger partial charge in [0.15, 0.2) is 0 Å². The van der Waals surface area contributed by atoms with Crippen LogP contribution in [0.15, 0.2) is 23.1 Å². The first-order valence-corrected chi connectivity index (χ1v) is 7.82. The molecular weight excluding hydrogens is 288 g/mol. The van der Waals surface area contributed by atoms with Crippen LogP contribution in [0.1, 0.15) is 23.7 Å². The van der Waals surface area contributed by atoms with E-state index >= 15 is 0 Å². The van der Waals surface area contributed by atoms with Gasteiger partial charge >= 0.3 is 0 Å². The van der Waals surface area contributed by atoms with E-state index in [0.29, 0.717) is 18.4 Å². The van der Waals surface area contributed by atoms with E-state index in [4.69, 9.17) is 16.7 Å². The minimum Gasteiger partial charge on any atom is -0.352 e. The summed E-state index contributed by atoms with van der Waals surface area (Å²) in [6, 6.07) is 4.03. The predicted molar refractivity (Wildman–Crippen MR) is 72.4 cm³/mol. The number of amides is 1. The molecule has 0 aliphatic heterocycles. The van der Waals surface area contributed by atoms with Crippen molar-refractivity contribution >= 4 is 27.5 Å².